The van der Waals surface area contributed by atoms with Crippen LogP contribution in [0.2, 0.25) is 0 Å². The van der Waals surface area contributed by atoms with Crippen molar-refractivity contribution in [1.29, 1.82) is 0 Å². The van der Waals surface area contributed by atoms with E-state index in [9.17, 15) is 0 Å². The first-order chi connectivity index (χ1) is 9.38. The van der Waals surface area contributed by atoms with E-state index in [-0.39, 0.29) is 5.75 Å². The summed E-state index contributed by atoms with van der Waals surface area (Å²) in [7, 11) is 0. The van der Waals surface area contributed by atoms with Gasteiger partial charge in [-0.15, -0.1) is 0 Å². The SMILES string of the molecule is OOc1cccnc1Nc1cccc2cnccc12. The van der Waals surface area contributed by atoms with Crippen molar-refractivity contribution in [2.75, 3.05) is 5.32 Å². The van der Waals surface area contributed by atoms with Gasteiger partial charge in [0.15, 0.2) is 5.82 Å². The number of hydrogen-bond acceptors (Lipinski definition) is 5. The third-order valence-corrected chi connectivity index (χ3v) is 2.80. The second kappa shape index (κ2) is 4.91. The van der Waals surface area contributed by atoms with Crippen LogP contribution >= 0.6 is 0 Å². The molecule has 0 saturated carbocycles. The summed E-state index contributed by atoms with van der Waals surface area (Å²) in [5.41, 5.74) is 0.872. The van der Waals surface area contributed by atoms with Crippen LogP contribution in [-0.2, 0) is 0 Å². The Labute approximate surface area is 109 Å². The topological polar surface area (TPSA) is 67.3 Å². The van der Waals surface area contributed by atoms with Gasteiger partial charge in [0.25, 0.3) is 0 Å². The highest BCUT2D eigenvalue weighted by Gasteiger charge is 2.07. The van der Waals surface area contributed by atoms with E-state index < -0.39 is 0 Å². The summed E-state index contributed by atoms with van der Waals surface area (Å²) in [5, 5.41) is 14.0. The molecule has 0 amide bonds. The second-order valence-electron chi connectivity index (χ2n) is 3.97. The monoisotopic (exact) mass is 253 g/mol. The summed E-state index contributed by atoms with van der Waals surface area (Å²) in [6.45, 7) is 0. The van der Waals surface area contributed by atoms with Gasteiger partial charge in [0.1, 0.15) is 0 Å². The van der Waals surface area contributed by atoms with Gasteiger partial charge in [0.05, 0.1) is 0 Å². The van der Waals surface area contributed by atoms with E-state index in [0.717, 1.165) is 16.5 Å². The van der Waals surface area contributed by atoms with Crippen molar-refractivity contribution in [3.63, 3.8) is 0 Å². The summed E-state index contributed by atoms with van der Waals surface area (Å²) in [5.74, 6) is 0.725. The van der Waals surface area contributed by atoms with Crippen LogP contribution in [0.1, 0.15) is 0 Å². The summed E-state index contributed by atoms with van der Waals surface area (Å²) >= 11 is 0. The minimum Gasteiger partial charge on any atom is -0.336 e. The Morgan fingerprint density at radius 3 is 2.89 bits per heavy atom. The molecule has 3 aromatic rings. The molecule has 2 N–H and O–H groups in total. The predicted molar refractivity (Wildman–Crippen MR) is 72.5 cm³/mol. The number of benzene rings is 1. The second-order valence-corrected chi connectivity index (χ2v) is 3.97. The average molecular weight is 253 g/mol. The zero-order valence-corrected chi connectivity index (χ0v) is 9.95. The first-order valence-corrected chi connectivity index (χ1v) is 5.74. The van der Waals surface area contributed by atoms with Crippen molar-refractivity contribution < 1.29 is 10.1 Å². The molecule has 19 heavy (non-hydrogen) atoms. The van der Waals surface area contributed by atoms with E-state index in [1.807, 2.05) is 24.3 Å². The molecule has 2 heterocycles. The normalized spacial score (nSPS) is 10.4. The minimum absolute atomic E-state index is 0.272. The molecule has 1 aromatic carbocycles. The van der Waals surface area contributed by atoms with Gasteiger partial charge in [0.2, 0.25) is 5.75 Å². The number of rotatable bonds is 3. The van der Waals surface area contributed by atoms with Crippen molar-refractivity contribution >= 4 is 22.3 Å². The summed E-state index contributed by atoms with van der Waals surface area (Å²) in [4.78, 5) is 12.5. The number of hydrogen-bond donors (Lipinski definition) is 2. The Kier molecular flexibility index (Phi) is 2.96. The molecule has 2 aromatic heterocycles. The van der Waals surface area contributed by atoms with E-state index in [4.69, 9.17) is 5.26 Å². The zero-order chi connectivity index (χ0) is 13.1. The summed E-state index contributed by atoms with van der Waals surface area (Å²) in [6, 6.07) is 11.1. The number of aromatic nitrogens is 2. The summed E-state index contributed by atoms with van der Waals surface area (Å²) < 4.78 is 0. The third kappa shape index (κ3) is 2.19. The zero-order valence-electron chi connectivity index (χ0n) is 9.95. The third-order valence-electron chi connectivity index (χ3n) is 2.80. The Hall–Kier alpha value is -2.66. The summed E-state index contributed by atoms with van der Waals surface area (Å²) in [6.07, 6.45) is 5.15. The molecule has 5 heteroatoms. The molecule has 5 nitrogen and oxygen atoms in total. The molecule has 94 valence electrons. The maximum Gasteiger partial charge on any atom is 0.207 e. The molecule has 0 unspecified atom stereocenters. The van der Waals surface area contributed by atoms with E-state index in [0.29, 0.717) is 5.82 Å². The highest BCUT2D eigenvalue weighted by atomic mass is 17.1. The fourth-order valence-electron chi connectivity index (χ4n) is 1.92. The van der Waals surface area contributed by atoms with Gasteiger partial charge in [-0.25, -0.2) is 10.2 Å². The molecule has 0 saturated heterocycles. The van der Waals surface area contributed by atoms with Crippen molar-refractivity contribution in [1.82, 2.24) is 9.97 Å². The van der Waals surface area contributed by atoms with Gasteiger partial charge in [-0.2, -0.15) is 0 Å². The van der Waals surface area contributed by atoms with Crippen LogP contribution in [0.5, 0.6) is 5.75 Å². The number of anilines is 2. The number of pyridine rings is 2. The Bertz CT molecular complexity index is 710. The quantitative estimate of drug-likeness (QED) is 0.554. The number of nitrogens with one attached hydrogen (secondary N) is 1. The lowest BCUT2D eigenvalue weighted by Gasteiger charge is -2.10. The van der Waals surface area contributed by atoms with Crippen molar-refractivity contribution in [2.45, 2.75) is 0 Å². The largest absolute Gasteiger partial charge is 0.336 e. The first-order valence-electron chi connectivity index (χ1n) is 5.74. The molecule has 0 radical (unpaired) electrons. The number of fused-ring (bicyclic) bond motifs is 1. The Morgan fingerprint density at radius 1 is 1.05 bits per heavy atom. The van der Waals surface area contributed by atoms with E-state index >= 15 is 0 Å². The highest BCUT2D eigenvalue weighted by molar-refractivity contribution is 5.94. The standard InChI is InChI=1S/C14H11N3O2/c18-19-13-5-2-7-16-14(13)17-12-4-1-3-10-9-15-8-6-11(10)12/h1-9,18H,(H,16,17). The lowest BCUT2D eigenvalue weighted by atomic mass is 10.1. The van der Waals surface area contributed by atoms with Gasteiger partial charge in [-0.3, -0.25) is 4.98 Å². The predicted octanol–water partition coefficient (Wildman–Crippen LogP) is 3.23. The van der Waals surface area contributed by atoms with Gasteiger partial charge < -0.3 is 10.2 Å². The van der Waals surface area contributed by atoms with Gasteiger partial charge in [-0.05, 0) is 24.3 Å². The van der Waals surface area contributed by atoms with Crippen molar-refractivity contribution in [3.05, 3.63) is 55.0 Å². The first kappa shape index (κ1) is 11.4. The average Bonchev–Trinajstić information content (AvgIpc) is 2.48. The smallest absolute Gasteiger partial charge is 0.207 e. The molecule has 0 bridgehead atoms. The van der Waals surface area contributed by atoms with Crippen LogP contribution in [0.25, 0.3) is 10.8 Å². The fourth-order valence-corrected chi connectivity index (χ4v) is 1.92. The molecule has 0 aliphatic heterocycles. The maximum atomic E-state index is 8.82. The minimum atomic E-state index is 0.272. The van der Waals surface area contributed by atoms with Crippen molar-refractivity contribution in [3.8, 4) is 5.75 Å². The van der Waals surface area contributed by atoms with E-state index in [1.54, 1.807) is 30.7 Å². The molecular formula is C14H11N3O2. The van der Waals surface area contributed by atoms with Crippen LogP contribution < -0.4 is 10.2 Å². The number of nitrogens with zero attached hydrogens (tertiary/aromatic N) is 2. The highest BCUT2D eigenvalue weighted by Crippen LogP contribution is 2.28. The maximum absolute atomic E-state index is 8.82. The van der Waals surface area contributed by atoms with Crippen molar-refractivity contribution in [2.24, 2.45) is 0 Å². The Balaban J connectivity index is 2.06. The molecule has 0 fully saturated rings. The van der Waals surface area contributed by atoms with Gasteiger partial charge in [-0.1, -0.05) is 12.1 Å². The van der Waals surface area contributed by atoms with Gasteiger partial charge in [0, 0.05) is 35.1 Å². The molecule has 0 spiro atoms. The molecule has 0 aliphatic carbocycles. The van der Waals surface area contributed by atoms with Crippen LogP contribution in [0.4, 0.5) is 11.5 Å². The van der Waals surface area contributed by atoms with Crippen LogP contribution in [0.15, 0.2) is 55.0 Å². The molecule has 0 atom stereocenters. The molecule has 0 aliphatic rings. The fraction of sp³-hybridized carbons (Fsp3) is 0. The van der Waals surface area contributed by atoms with E-state index in [1.165, 1.54) is 0 Å². The Morgan fingerprint density at radius 2 is 2.00 bits per heavy atom. The van der Waals surface area contributed by atoms with Crippen LogP contribution in [0.3, 0.4) is 0 Å². The van der Waals surface area contributed by atoms with Crippen LogP contribution in [-0.4, -0.2) is 15.2 Å². The lowest BCUT2D eigenvalue weighted by molar-refractivity contribution is -0.137. The lowest BCUT2D eigenvalue weighted by Crippen LogP contribution is -1.97. The van der Waals surface area contributed by atoms with E-state index in [2.05, 4.69) is 20.2 Å². The van der Waals surface area contributed by atoms with Gasteiger partial charge >= 0.3 is 0 Å². The molecular weight excluding hydrogens is 242 g/mol. The molecule has 3 rings (SSSR count). The van der Waals surface area contributed by atoms with Crippen LogP contribution in [0, 0.1) is 0 Å².